The van der Waals surface area contributed by atoms with Crippen LogP contribution in [0.3, 0.4) is 0 Å². The molecule has 8 heteroatoms. The van der Waals surface area contributed by atoms with Gasteiger partial charge in [-0.15, -0.1) is 0 Å². The summed E-state index contributed by atoms with van der Waals surface area (Å²) in [5.74, 6) is 0.374. The van der Waals surface area contributed by atoms with Crippen molar-refractivity contribution < 1.29 is 13.2 Å². The van der Waals surface area contributed by atoms with Crippen molar-refractivity contribution >= 4 is 12.2 Å². The normalized spacial score (nSPS) is 11.8. The van der Waals surface area contributed by atoms with Crippen LogP contribution in [0.4, 0.5) is 13.2 Å². The molecule has 3 N–H and O–H groups in total. The Morgan fingerprint density at radius 2 is 2.11 bits per heavy atom. The van der Waals surface area contributed by atoms with Crippen LogP contribution in [-0.2, 0) is 12.7 Å². The molecule has 1 heterocycles. The van der Waals surface area contributed by atoms with Gasteiger partial charge < -0.3 is 5.73 Å². The summed E-state index contributed by atoms with van der Waals surface area (Å²) in [6.07, 6.45) is -4.40. The summed E-state index contributed by atoms with van der Waals surface area (Å²) in [5.41, 5.74) is 4.99. The lowest BCUT2D eigenvalue weighted by Gasteiger charge is -2.10. The van der Waals surface area contributed by atoms with E-state index in [-0.39, 0.29) is 17.0 Å². The van der Waals surface area contributed by atoms with E-state index in [9.17, 15) is 13.2 Å². The highest BCUT2D eigenvalue weighted by Crippen LogP contribution is 2.30. The number of aromatic amines is 1. The number of hydrogen-bond acceptors (Lipinski definition) is 3. The van der Waals surface area contributed by atoms with Gasteiger partial charge in [0.1, 0.15) is 5.82 Å². The molecule has 1 aromatic carbocycles. The Bertz CT molecular complexity index is 614. The molecule has 0 aliphatic rings. The predicted molar refractivity (Wildman–Crippen MR) is 61.6 cm³/mol. The molecule has 0 radical (unpaired) electrons. The summed E-state index contributed by atoms with van der Waals surface area (Å²) < 4.78 is 39.4. The molecule has 2 rings (SSSR count). The molecule has 0 saturated carbocycles. The van der Waals surface area contributed by atoms with Gasteiger partial charge in [-0.05, 0) is 30.4 Å². The fourth-order valence-corrected chi connectivity index (χ4v) is 1.81. The van der Waals surface area contributed by atoms with Crippen LogP contribution >= 0.6 is 12.2 Å². The highest BCUT2D eigenvalue weighted by molar-refractivity contribution is 7.71. The van der Waals surface area contributed by atoms with Crippen LogP contribution in [0.5, 0.6) is 0 Å². The summed E-state index contributed by atoms with van der Waals surface area (Å²) in [7, 11) is 0. The van der Waals surface area contributed by atoms with Crippen molar-refractivity contribution in [3.8, 4) is 5.69 Å². The molecule has 0 saturated heterocycles. The molecular formula is C10H9F3N4S. The minimum absolute atomic E-state index is 0.0728. The van der Waals surface area contributed by atoms with Crippen LogP contribution in [0.1, 0.15) is 11.4 Å². The lowest BCUT2D eigenvalue weighted by atomic mass is 10.2. The molecule has 0 amide bonds. The monoisotopic (exact) mass is 274 g/mol. The van der Waals surface area contributed by atoms with E-state index >= 15 is 0 Å². The molecule has 0 spiro atoms. The quantitative estimate of drug-likeness (QED) is 0.827. The van der Waals surface area contributed by atoms with Crippen molar-refractivity contribution in [2.75, 3.05) is 0 Å². The summed E-state index contributed by atoms with van der Waals surface area (Å²) in [6, 6.07) is 4.83. The molecule has 0 fully saturated rings. The number of halogens is 3. The number of nitrogens with one attached hydrogen (secondary N) is 1. The Labute approximate surface area is 105 Å². The number of H-pyrrole nitrogens is 1. The van der Waals surface area contributed by atoms with Crippen molar-refractivity contribution in [2.45, 2.75) is 12.7 Å². The van der Waals surface area contributed by atoms with Gasteiger partial charge in [0.05, 0.1) is 17.8 Å². The van der Waals surface area contributed by atoms with Crippen LogP contribution < -0.4 is 5.73 Å². The molecule has 4 nitrogen and oxygen atoms in total. The first-order valence-electron chi connectivity index (χ1n) is 4.97. The zero-order chi connectivity index (χ0) is 13.3. The van der Waals surface area contributed by atoms with E-state index in [0.29, 0.717) is 5.82 Å². The number of aromatic nitrogens is 3. The van der Waals surface area contributed by atoms with Crippen molar-refractivity contribution in [1.82, 2.24) is 14.8 Å². The van der Waals surface area contributed by atoms with E-state index in [1.54, 1.807) is 0 Å². The fourth-order valence-electron chi connectivity index (χ4n) is 1.55. The molecule has 0 aliphatic carbocycles. The van der Waals surface area contributed by atoms with Gasteiger partial charge in [0, 0.05) is 0 Å². The first-order chi connectivity index (χ1) is 8.43. The minimum atomic E-state index is -4.40. The highest BCUT2D eigenvalue weighted by Gasteiger charge is 2.30. The minimum Gasteiger partial charge on any atom is -0.324 e. The zero-order valence-corrected chi connectivity index (χ0v) is 9.85. The van der Waals surface area contributed by atoms with Crippen molar-refractivity contribution in [3.63, 3.8) is 0 Å². The average molecular weight is 274 g/mol. The Morgan fingerprint density at radius 1 is 1.39 bits per heavy atom. The van der Waals surface area contributed by atoms with Crippen molar-refractivity contribution in [3.05, 3.63) is 40.4 Å². The van der Waals surface area contributed by atoms with Crippen molar-refractivity contribution in [1.29, 1.82) is 0 Å². The van der Waals surface area contributed by atoms with Crippen LogP contribution in [0.2, 0.25) is 0 Å². The van der Waals surface area contributed by atoms with Gasteiger partial charge in [-0.25, -0.2) is 0 Å². The number of hydrogen-bond donors (Lipinski definition) is 2. The number of nitrogens with two attached hydrogens (primary N) is 1. The molecule has 0 atom stereocenters. The first kappa shape index (κ1) is 12.8. The topological polar surface area (TPSA) is 59.6 Å². The number of benzene rings is 1. The maximum absolute atomic E-state index is 12.6. The second kappa shape index (κ2) is 4.54. The van der Waals surface area contributed by atoms with Crippen LogP contribution in [0, 0.1) is 4.77 Å². The third-order valence-electron chi connectivity index (χ3n) is 2.36. The summed E-state index contributed by atoms with van der Waals surface area (Å²) in [4.78, 5) is 0. The first-order valence-corrected chi connectivity index (χ1v) is 5.38. The molecule has 1 aromatic heterocycles. The van der Waals surface area contributed by atoms with Crippen LogP contribution in [-0.4, -0.2) is 14.8 Å². The smallest absolute Gasteiger partial charge is 0.324 e. The standard InChI is InChI=1S/C10H9F3N4S/c11-10(12,13)6-2-1-3-7(4-6)17-8(5-14)15-16-9(17)18/h1-4H,5,14H2,(H,16,18). The summed E-state index contributed by atoms with van der Waals surface area (Å²) >= 11 is 4.97. The molecule has 0 aliphatic heterocycles. The maximum atomic E-state index is 12.6. The summed E-state index contributed by atoms with van der Waals surface area (Å²) in [5, 5.41) is 6.34. The van der Waals surface area contributed by atoms with E-state index in [1.165, 1.54) is 16.7 Å². The Hall–Kier alpha value is -1.67. The van der Waals surface area contributed by atoms with E-state index in [4.69, 9.17) is 18.0 Å². The van der Waals surface area contributed by atoms with Crippen LogP contribution in [0.25, 0.3) is 5.69 Å². The maximum Gasteiger partial charge on any atom is 0.416 e. The van der Waals surface area contributed by atoms with E-state index < -0.39 is 11.7 Å². The molecule has 0 unspecified atom stereocenters. The van der Waals surface area contributed by atoms with Gasteiger partial charge in [0.15, 0.2) is 4.77 Å². The average Bonchev–Trinajstić information content (AvgIpc) is 2.69. The van der Waals surface area contributed by atoms with Gasteiger partial charge in [0.2, 0.25) is 0 Å². The molecular weight excluding hydrogens is 265 g/mol. The van der Waals surface area contributed by atoms with E-state index in [1.807, 2.05) is 0 Å². The Morgan fingerprint density at radius 3 is 2.72 bits per heavy atom. The SMILES string of the molecule is NCc1n[nH]c(=S)n1-c1cccc(C(F)(F)F)c1. The van der Waals surface area contributed by atoms with Crippen molar-refractivity contribution in [2.24, 2.45) is 5.73 Å². The predicted octanol–water partition coefficient (Wildman–Crippen LogP) is 2.41. The summed E-state index contributed by atoms with van der Waals surface area (Å²) in [6.45, 7) is 0.0728. The Kier molecular flexibility index (Phi) is 3.22. The zero-order valence-electron chi connectivity index (χ0n) is 9.03. The molecule has 2 aromatic rings. The largest absolute Gasteiger partial charge is 0.416 e. The van der Waals surface area contributed by atoms with Gasteiger partial charge in [0.25, 0.3) is 0 Å². The van der Waals surface area contributed by atoms with E-state index in [0.717, 1.165) is 12.1 Å². The van der Waals surface area contributed by atoms with E-state index in [2.05, 4.69) is 10.2 Å². The van der Waals surface area contributed by atoms with Gasteiger partial charge in [-0.3, -0.25) is 9.67 Å². The van der Waals surface area contributed by atoms with Gasteiger partial charge >= 0.3 is 6.18 Å². The molecule has 18 heavy (non-hydrogen) atoms. The highest BCUT2D eigenvalue weighted by atomic mass is 32.1. The number of alkyl halides is 3. The number of rotatable bonds is 2. The third kappa shape index (κ3) is 2.29. The lowest BCUT2D eigenvalue weighted by molar-refractivity contribution is -0.137. The van der Waals surface area contributed by atoms with Gasteiger partial charge in [-0.1, -0.05) is 6.07 Å². The third-order valence-corrected chi connectivity index (χ3v) is 2.63. The second-order valence-electron chi connectivity index (χ2n) is 3.53. The van der Waals surface area contributed by atoms with Crippen LogP contribution in [0.15, 0.2) is 24.3 Å². The number of nitrogens with zero attached hydrogens (tertiary/aromatic N) is 2. The Balaban J connectivity index is 2.58. The lowest BCUT2D eigenvalue weighted by Crippen LogP contribution is -2.09. The molecule has 0 bridgehead atoms. The molecule has 96 valence electrons. The van der Waals surface area contributed by atoms with Gasteiger partial charge in [-0.2, -0.15) is 18.3 Å². The fraction of sp³-hybridized carbons (Fsp3) is 0.200. The second-order valence-corrected chi connectivity index (χ2v) is 3.92.